The maximum atomic E-state index is 13.0. The fourth-order valence-electron chi connectivity index (χ4n) is 4.82. The molecular weight excluding hydrogens is 564 g/mol. The number of hydrogen-bond acceptors (Lipinski definition) is 7. The summed E-state index contributed by atoms with van der Waals surface area (Å²) < 4.78 is 23.9. The molecule has 0 bridgehead atoms. The van der Waals surface area contributed by atoms with Gasteiger partial charge in [0.25, 0.3) is 5.91 Å². The van der Waals surface area contributed by atoms with Gasteiger partial charge in [0.2, 0.25) is 0 Å². The number of amides is 3. The second-order valence-corrected chi connectivity index (χ2v) is 9.85. The Balaban J connectivity index is 1.56. The standard InChI is InChI=1S/C33H38N4O7/c1-40-25-14-23(15-26(18-25)41-2)29-20-30(24-16-27(42-3)19-28(17-24)43-4)37(31(29)32(34)38)13-9-8-12-35-33(39)36-44-21-22-10-6-5-7-11-22/h5-7,10-11,14-20H,8-9,12-13,21H2,1-4H3,(H2,34,38)(H2,35,36,39). The van der Waals surface area contributed by atoms with E-state index in [0.717, 1.165) is 16.8 Å². The molecule has 0 spiro atoms. The number of unbranched alkanes of at least 4 members (excludes halogenated alkanes) is 1. The third-order valence-electron chi connectivity index (χ3n) is 6.98. The summed E-state index contributed by atoms with van der Waals surface area (Å²) >= 11 is 0. The van der Waals surface area contributed by atoms with Crippen molar-refractivity contribution in [3.05, 3.63) is 84.1 Å². The zero-order valence-electron chi connectivity index (χ0n) is 25.3. The first-order valence-electron chi connectivity index (χ1n) is 14.1. The van der Waals surface area contributed by atoms with Crippen LogP contribution in [0.1, 0.15) is 28.9 Å². The number of nitrogens with zero attached hydrogens (tertiary/aromatic N) is 1. The van der Waals surface area contributed by atoms with Gasteiger partial charge in [-0.25, -0.2) is 10.3 Å². The number of rotatable bonds is 15. The van der Waals surface area contributed by atoms with Gasteiger partial charge in [-0.2, -0.15) is 0 Å². The molecule has 0 aliphatic heterocycles. The molecule has 0 saturated carbocycles. The molecule has 4 rings (SSSR count). The first-order chi connectivity index (χ1) is 21.4. The topological polar surface area (TPSA) is 135 Å². The monoisotopic (exact) mass is 602 g/mol. The molecule has 0 fully saturated rings. The Morgan fingerprint density at radius 3 is 1.86 bits per heavy atom. The third-order valence-corrected chi connectivity index (χ3v) is 6.98. The number of benzene rings is 3. The predicted octanol–water partition coefficient (Wildman–Crippen LogP) is 5.17. The van der Waals surface area contributed by atoms with Gasteiger partial charge in [-0.1, -0.05) is 30.3 Å². The van der Waals surface area contributed by atoms with Gasteiger partial charge in [0.1, 0.15) is 28.7 Å². The van der Waals surface area contributed by atoms with E-state index in [1.165, 1.54) is 0 Å². The van der Waals surface area contributed by atoms with Crippen molar-refractivity contribution in [2.45, 2.75) is 26.0 Å². The summed E-state index contributed by atoms with van der Waals surface area (Å²) in [7, 11) is 6.29. The van der Waals surface area contributed by atoms with Crippen molar-refractivity contribution in [3.8, 4) is 45.4 Å². The van der Waals surface area contributed by atoms with E-state index in [1.54, 1.807) is 40.6 Å². The highest BCUT2D eigenvalue weighted by molar-refractivity contribution is 6.00. The summed E-state index contributed by atoms with van der Waals surface area (Å²) in [6, 6.07) is 22.0. The van der Waals surface area contributed by atoms with Gasteiger partial charge in [-0.15, -0.1) is 0 Å². The molecule has 1 heterocycles. The van der Waals surface area contributed by atoms with Crippen LogP contribution in [0.25, 0.3) is 22.4 Å². The molecule has 3 aromatic carbocycles. The fourth-order valence-corrected chi connectivity index (χ4v) is 4.82. The van der Waals surface area contributed by atoms with Crippen LogP contribution in [0.5, 0.6) is 23.0 Å². The molecule has 44 heavy (non-hydrogen) atoms. The number of ether oxygens (including phenoxy) is 4. The lowest BCUT2D eigenvalue weighted by molar-refractivity contribution is 0.0491. The number of carbonyl (C=O) groups is 2. The molecule has 0 unspecified atom stereocenters. The lowest BCUT2D eigenvalue weighted by Gasteiger charge is -2.15. The minimum atomic E-state index is -0.587. The van der Waals surface area contributed by atoms with Crippen molar-refractivity contribution in [2.24, 2.45) is 5.73 Å². The van der Waals surface area contributed by atoms with Crippen molar-refractivity contribution in [2.75, 3.05) is 35.0 Å². The Bertz CT molecular complexity index is 1530. The van der Waals surface area contributed by atoms with Crippen LogP contribution in [0.4, 0.5) is 4.79 Å². The minimum Gasteiger partial charge on any atom is -0.497 e. The van der Waals surface area contributed by atoms with Crippen molar-refractivity contribution in [1.29, 1.82) is 0 Å². The summed E-state index contributed by atoms with van der Waals surface area (Å²) in [5.41, 5.74) is 12.5. The second kappa shape index (κ2) is 15.4. The predicted molar refractivity (Wildman–Crippen MR) is 167 cm³/mol. The molecule has 1 aromatic heterocycles. The first kappa shape index (κ1) is 31.8. The van der Waals surface area contributed by atoms with E-state index in [0.29, 0.717) is 65.8 Å². The molecule has 232 valence electrons. The van der Waals surface area contributed by atoms with E-state index in [9.17, 15) is 9.59 Å². The van der Waals surface area contributed by atoms with Crippen molar-refractivity contribution in [1.82, 2.24) is 15.4 Å². The van der Waals surface area contributed by atoms with Crippen molar-refractivity contribution >= 4 is 11.9 Å². The van der Waals surface area contributed by atoms with Crippen LogP contribution in [0.2, 0.25) is 0 Å². The van der Waals surface area contributed by atoms with Gasteiger partial charge in [0.05, 0.1) is 35.0 Å². The maximum Gasteiger partial charge on any atom is 0.338 e. The highest BCUT2D eigenvalue weighted by atomic mass is 16.7. The van der Waals surface area contributed by atoms with Crippen LogP contribution in [-0.4, -0.2) is 51.5 Å². The highest BCUT2D eigenvalue weighted by Crippen LogP contribution is 2.38. The molecule has 0 saturated heterocycles. The number of hydrogen-bond donors (Lipinski definition) is 3. The van der Waals surface area contributed by atoms with Gasteiger partial charge in [0, 0.05) is 42.0 Å². The van der Waals surface area contributed by atoms with Gasteiger partial charge in [-0.05, 0) is 54.3 Å². The molecule has 0 aliphatic rings. The number of aromatic nitrogens is 1. The molecule has 4 aromatic rings. The zero-order chi connectivity index (χ0) is 31.5. The van der Waals surface area contributed by atoms with E-state index >= 15 is 0 Å². The second-order valence-electron chi connectivity index (χ2n) is 9.85. The Labute approximate surface area is 256 Å². The van der Waals surface area contributed by atoms with Crippen molar-refractivity contribution in [3.63, 3.8) is 0 Å². The Hall–Kier alpha value is -5.16. The van der Waals surface area contributed by atoms with E-state index in [1.807, 2.05) is 65.2 Å². The van der Waals surface area contributed by atoms with Crippen LogP contribution >= 0.6 is 0 Å². The molecule has 3 amide bonds. The number of nitrogens with one attached hydrogen (secondary N) is 2. The number of hydroxylamine groups is 1. The molecule has 4 N–H and O–H groups in total. The molecule has 0 atom stereocenters. The van der Waals surface area contributed by atoms with Gasteiger partial charge in [0.15, 0.2) is 0 Å². The number of primary amides is 1. The Morgan fingerprint density at radius 2 is 1.32 bits per heavy atom. The van der Waals surface area contributed by atoms with Gasteiger partial charge < -0.3 is 34.6 Å². The van der Waals surface area contributed by atoms with E-state index in [2.05, 4.69) is 10.8 Å². The summed E-state index contributed by atoms with van der Waals surface area (Å²) in [5.74, 6) is 1.76. The number of methoxy groups -OCH3 is 4. The lowest BCUT2D eigenvalue weighted by atomic mass is 10.0. The highest BCUT2D eigenvalue weighted by Gasteiger charge is 2.23. The number of nitrogens with two attached hydrogens (primary N) is 1. The zero-order valence-corrected chi connectivity index (χ0v) is 25.3. The average molecular weight is 603 g/mol. The fraction of sp³-hybridized carbons (Fsp3) is 0.273. The first-order valence-corrected chi connectivity index (χ1v) is 14.1. The SMILES string of the molecule is COc1cc(OC)cc(-c2cc(-c3cc(OC)cc(OC)c3)n(CCCCNC(=O)NOCc3ccccc3)c2C(N)=O)c1. The summed E-state index contributed by atoms with van der Waals surface area (Å²) in [4.78, 5) is 30.5. The Kier molecular flexibility index (Phi) is 11.1. The lowest BCUT2D eigenvalue weighted by Crippen LogP contribution is -2.36. The van der Waals surface area contributed by atoms with Gasteiger partial charge >= 0.3 is 6.03 Å². The molecule has 11 heteroatoms. The van der Waals surface area contributed by atoms with Gasteiger partial charge in [-0.3, -0.25) is 9.63 Å². The third kappa shape index (κ3) is 8.01. The smallest absolute Gasteiger partial charge is 0.338 e. The quantitative estimate of drug-likeness (QED) is 0.126. The minimum absolute atomic E-state index is 0.261. The number of carbonyl (C=O) groups excluding carboxylic acids is 2. The number of urea groups is 1. The van der Waals surface area contributed by atoms with E-state index < -0.39 is 11.9 Å². The van der Waals surface area contributed by atoms with Crippen molar-refractivity contribution < 1.29 is 33.4 Å². The largest absolute Gasteiger partial charge is 0.497 e. The molecular formula is C33H38N4O7. The summed E-state index contributed by atoms with van der Waals surface area (Å²) in [5, 5.41) is 2.79. The molecule has 11 nitrogen and oxygen atoms in total. The van der Waals surface area contributed by atoms with Crippen LogP contribution in [0.15, 0.2) is 72.8 Å². The van der Waals surface area contributed by atoms with E-state index in [4.69, 9.17) is 29.5 Å². The average Bonchev–Trinajstić information content (AvgIpc) is 3.44. The normalized spacial score (nSPS) is 10.6. The molecule has 0 radical (unpaired) electrons. The maximum absolute atomic E-state index is 13.0. The van der Waals surface area contributed by atoms with E-state index in [-0.39, 0.29) is 6.61 Å². The summed E-state index contributed by atoms with van der Waals surface area (Å²) in [6.07, 6.45) is 1.26. The molecule has 0 aliphatic carbocycles. The summed E-state index contributed by atoms with van der Waals surface area (Å²) in [6.45, 7) is 1.11. The van der Waals surface area contributed by atoms with Crippen LogP contribution in [-0.2, 0) is 18.0 Å². The van der Waals surface area contributed by atoms with Crippen LogP contribution < -0.4 is 35.5 Å². The van der Waals surface area contributed by atoms with Crippen LogP contribution in [0, 0.1) is 0 Å². The van der Waals surface area contributed by atoms with Crippen LogP contribution in [0.3, 0.4) is 0 Å². The Morgan fingerprint density at radius 1 is 0.750 bits per heavy atom.